The summed E-state index contributed by atoms with van der Waals surface area (Å²) in [4.78, 5) is 0. The largest absolute Gasteiger partial charge is 0.468 e. The summed E-state index contributed by atoms with van der Waals surface area (Å²) in [6, 6.07) is 4.86. The van der Waals surface area contributed by atoms with E-state index >= 15 is 0 Å². The van der Waals surface area contributed by atoms with Crippen molar-refractivity contribution in [2.24, 2.45) is 0 Å². The van der Waals surface area contributed by atoms with E-state index < -0.39 is 0 Å². The molecule has 0 aliphatic carbocycles. The first-order chi connectivity index (χ1) is 6.36. The van der Waals surface area contributed by atoms with E-state index in [1.54, 1.807) is 6.26 Å². The summed E-state index contributed by atoms with van der Waals surface area (Å²) in [5.74, 6) is 1.02. The zero-order chi connectivity index (χ0) is 9.10. The smallest absolute Gasteiger partial charge is 0.120 e. The Morgan fingerprint density at radius 1 is 1.69 bits per heavy atom. The number of nitrogens with one attached hydrogen (secondary N) is 2. The van der Waals surface area contributed by atoms with Crippen LogP contribution in [0.15, 0.2) is 22.8 Å². The third kappa shape index (κ3) is 2.11. The first kappa shape index (κ1) is 8.78. The van der Waals surface area contributed by atoms with Crippen LogP contribution in [0.3, 0.4) is 0 Å². The van der Waals surface area contributed by atoms with Crippen LogP contribution in [0.1, 0.15) is 25.1 Å². The molecule has 2 N–H and O–H groups in total. The summed E-state index contributed by atoms with van der Waals surface area (Å²) >= 11 is 0. The van der Waals surface area contributed by atoms with Crippen LogP contribution in [0.4, 0.5) is 0 Å². The molecule has 1 saturated heterocycles. The minimum atomic E-state index is 0.319. The Labute approximate surface area is 78.5 Å². The van der Waals surface area contributed by atoms with E-state index in [-0.39, 0.29) is 0 Å². The molecule has 13 heavy (non-hydrogen) atoms. The third-order valence-corrected chi connectivity index (χ3v) is 2.52. The second kappa shape index (κ2) is 3.94. The van der Waals surface area contributed by atoms with Crippen molar-refractivity contribution in [2.75, 3.05) is 13.1 Å². The van der Waals surface area contributed by atoms with Gasteiger partial charge in [-0.25, -0.2) is 0 Å². The van der Waals surface area contributed by atoms with Crippen molar-refractivity contribution < 1.29 is 4.42 Å². The van der Waals surface area contributed by atoms with Crippen molar-refractivity contribution in [2.45, 2.75) is 25.4 Å². The standard InChI is InChI=1S/C10H16N2O/c1-8(10-3-2-6-13-10)12-9-4-5-11-7-9/h2-3,6,8-9,11-12H,4-5,7H2,1H3. The van der Waals surface area contributed by atoms with Crippen molar-refractivity contribution >= 4 is 0 Å². The highest BCUT2D eigenvalue weighted by Gasteiger charge is 2.17. The lowest BCUT2D eigenvalue weighted by molar-refractivity contribution is 0.397. The highest BCUT2D eigenvalue weighted by atomic mass is 16.3. The van der Waals surface area contributed by atoms with E-state index in [0.717, 1.165) is 18.8 Å². The van der Waals surface area contributed by atoms with Gasteiger partial charge in [0.05, 0.1) is 12.3 Å². The Morgan fingerprint density at radius 2 is 2.62 bits per heavy atom. The van der Waals surface area contributed by atoms with Crippen molar-refractivity contribution in [3.63, 3.8) is 0 Å². The normalized spacial score (nSPS) is 24.8. The quantitative estimate of drug-likeness (QED) is 0.736. The second-order valence-corrected chi connectivity index (χ2v) is 3.59. The molecule has 72 valence electrons. The van der Waals surface area contributed by atoms with Crippen LogP contribution in [-0.2, 0) is 0 Å². The summed E-state index contributed by atoms with van der Waals surface area (Å²) in [6.45, 7) is 4.34. The van der Waals surface area contributed by atoms with Gasteiger partial charge < -0.3 is 15.1 Å². The fraction of sp³-hybridized carbons (Fsp3) is 0.600. The van der Waals surface area contributed by atoms with Gasteiger partial charge in [0.1, 0.15) is 5.76 Å². The molecule has 3 heteroatoms. The minimum absolute atomic E-state index is 0.319. The minimum Gasteiger partial charge on any atom is -0.468 e. The zero-order valence-electron chi connectivity index (χ0n) is 7.92. The molecule has 0 amide bonds. The molecule has 0 radical (unpaired) electrons. The third-order valence-electron chi connectivity index (χ3n) is 2.52. The average molecular weight is 180 g/mol. The van der Waals surface area contributed by atoms with Crippen molar-refractivity contribution in [1.82, 2.24) is 10.6 Å². The molecule has 1 aromatic rings. The van der Waals surface area contributed by atoms with Gasteiger partial charge in [0.2, 0.25) is 0 Å². The second-order valence-electron chi connectivity index (χ2n) is 3.59. The Kier molecular flexibility index (Phi) is 2.66. The summed E-state index contributed by atoms with van der Waals surface area (Å²) < 4.78 is 5.32. The summed E-state index contributed by atoms with van der Waals surface area (Å²) in [6.07, 6.45) is 2.94. The predicted molar refractivity (Wildman–Crippen MR) is 51.5 cm³/mol. The molecule has 1 aromatic heterocycles. The highest BCUT2D eigenvalue weighted by Crippen LogP contribution is 2.14. The molecule has 1 aliphatic rings. The van der Waals surface area contributed by atoms with Crippen molar-refractivity contribution in [1.29, 1.82) is 0 Å². The zero-order valence-corrected chi connectivity index (χ0v) is 7.92. The topological polar surface area (TPSA) is 37.2 Å². The maximum Gasteiger partial charge on any atom is 0.120 e. The van der Waals surface area contributed by atoms with E-state index in [4.69, 9.17) is 4.42 Å². The van der Waals surface area contributed by atoms with E-state index in [0.29, 0.717) is 12.1 Å². The van der Waals surface area contributed by atoms with Gasteiger partial charge in [-0.3, -0.25) is 0 Å². The van der Waals surface area contributed by atoms with Crippen LogP contribution in [-0.4, -0.2) is 19.1 Å². The number of furan rings is 1. The molecule has 2 heterocycles. The van der Waals surface area contributed by atoms with Crippen LogP contribution < -0.4 is 10.6 Å². The summed E-state index contributed by atoms with van der Waals surface area (Å²) in [5.41, 5.74) is 0. The fourth-order valence-electron chi connectivity index (χ4n) is 1.77. The van der Waals surface area contributed by atoms with E-state index in [1.807, 2.05) is 12.1 Å². The Hall–Kier alpha value is -0.800. The van der Waals surface area contributed by atoms with Gasteiger partial charge in [-0.1, -0.05) is 0 Å². The number of rotatable bonds is 3. The lowest BCUT2D eigenvalue weighted by Gasteiger charge is -2.16. The molecular formula is C10H16N2O. The van der Waals surface area contributed by atoms with Gasteiger partial charge in [0.25, 0.3) is 0 Å². The van der Waals surface area contributed by atoms with Crippen LogP contribution in [0.5, 0.6) is 0 Å². The molecule has 0 spiro atoms. The highest BCUT2D eigenvalue weighted by molar-refractivity contribution is 5.03. The molecule has 3 nitrogen and oxygen atoms in total. The molecule has 2 rings (SSSR count). The Balaban J connectivity index is 1.87. The van der Waals surface area contributed by atoms with Gasteiger partial charge >= 0.3 is 0 Å². The molecule has 0 bridgehead atoms. The fourth-order valence-corrected chi connectivity index (χ4v) is 1.77. The lowest BCUT2D eigenvalue weighted by Crippen LogP contribution is -2.32. The predicted octanol–water partition coefficient (Wildman–Crippen LogP) is 1.29. The van der Waals surface area contributed by atoms with Gasteiger partial charge in [-0.15, -0.1) is 0 Å². The van der Waals surface area contributed by atoms with E-state index in [1.165, 1.54) is 6.42 Å². The summed E-state index contributed by atoms with van der Waals surface area (Å²) in [7, 11) is 0. The maximum atomic E-state index is 5.32. The first-order valence-corrected chi connectivity index (χ1v) is 4.86. The van der Waals surface area contributed by atoms with Crippen LogP contribution in [0.25, 0.3) is 0 Å². The average Bonchev–Trinajstić information content (AvgIpc) is 2.74. The molecule has 0 saturated carbocycles. The van der Waals surface area contributed by atoms with E-state index in [9.17, 15) is 0 Å². The molecular weight excluding hydrogens is 164 g/mol. The monoisotopic (exact) mass is 180 g/mol. The van der Waals surface area contributed by atoms with Crippen LogP contribution >= 0.6 is 0 Å². The van der Waals surface area contributed by atoms with Gasteiger partial charge in [-0.2, -0.15) is 0 Å². The van der Waals surface area contributed by atoms with Gasteiger partial charge in [0, 0.05) is 12.6 Å². The SMILES string of the molecule is CC(NC1CCNC1)c1ccco1. The first-order valence-electron chi connectivity index (χ1n) is 4.86. The molecule has 2 atom stereocenters. The van der Waals surface area contributed by atoms with Crippen molar-refractivity contribution in [3.05, 3.63) is 24.2 Å². The van der Waals surface area contributed by atoms with Gasteiger partial charge in [-0.05, 0) is 32.0 Å². The molecule has 0 aromatic carbocycles. The van der Waals surface area contributed by atoms with Gasteiger partial charge in [0.15, 0.2) is 0 Å². The van der Waals surface area contributed by atoms with E-state index in [2.05, 4.69) is 17.6 Å². The van der Waals surface area contributed by atoms with Crippen LogP contribution in [0, 0.1) is 0 Å². The molecule has 2 unspecified atom stereocenters. The van der Waals surface area contributed by atoms with Crippen LogP contribution in [0.2, 0.25) is 0 Å². The molecule has 1 fully saturated rings. The maximum absolute atomic E-state index is 5.32. The number of hydrogen-bond donors (Lipinski definition) is 2. The van der Waals surface area contributed by atoms with Crippen molar-refractivity contribution in [3.8, 4) is 0 Å². The summed E-state index contributed by atoms with van der Waals surface area (Å²) in [5, 5.41) is 6.85. The number of hydrogen-bond acceptors (Lipinski definition) is 3. The Bertz CT molecular complexity index is 239. The Morgan fingerprint density at radius 3 is 3.23 bits per heavy atom. The lowest BCUT2D eigenvalue weighted by atomic mass is 10.2. The molecule has 1 aliphatic heterocycles.